The van der Waals surface area contributed by atoms with Crippen molar-refractivity contribution >= 4 is 11.7 Å². The van der Waals surface area contributed by atoms with Gasteiger partial charge in [0.2, 0.25) is 0 Å². The Bertz CT molecular complexity index is 498. The molecule has 0 aliphatic carbocycles. The third kappa shape index (κ3) is 2.91. The summed E-state index contributed by atoms with van der Waals surface area (Å²) in [7, 11) is 0. The first-order valence-corrected chi connectivity index (χ1v) is 5.12. The maximum atomic E-state index is 12.6. The number of anilines is 1. The molecule has 5 nitrogen and oxygen atoms in total. The molecule has 0 saturated carbocycles. The molecule has 0 bridgehead atoms. The van der Waals surface area contributed by atoms with Gasteiger partial charge in [0.15, 0.2) is 0 Å². The Morgan fingerprint density at radius 3 is 2.83 bits per heavy atom. The van der Waals surface area contributed by atoms with E-state index in [0.29, 0.717) is 0 Å². The zero-order chi connectivity index (χ0) is 13.7. The van der Waals surface area contributed by atoms with Crippen LogP contribution in [0.2, 0.25) is 0 Å². The number of nitrogens with two attached hydrogens (primary N) is 1. The van der Waals surface area contributed by atoms with Crippen molar-refractivity contribution in [3.8, 4) is 6.07 Å². The van der Waals surface area contributed by atoms with Crippen LogP contribution in [0.25, 0.3) is 0 Å². The summed E-state index contributed by atoms with van der Waals surface area (Å²) >= 11 is 0. The minimum absolute atomic E-state index is 0.00930. The fourth-order valence-corrected chi connectivity index (χ4v) is 1.40. The van der Waals surface area contributed by atoms with E-state index >= 15 is 0 Å². The lowest BCUT2D eigenvalue weighted by Gasteiger charge is -2.10. The van der Waals surface area contributed by atoms with Crippen LogP contribution in [-0.4, -0.2) is 17.6 Å². The molecule has 1 aromatic heterocycles. The van der Waals surface area contributed by atoms with E-state index in [2.05, 4.69) is 9.72 Å². The molecule has 7 heteroatoms. The molecule has 1 heterocycles. The number of carbonyl (C=O) groups is 1. The molecule has 96 valence electrons. The van der Waals surface area contributed by atoms with Crippen LogP contribution in [0.4, 0.5) is 14.5 Å². The Balaban J connectivity index is 3.18. The first-order chi connectivity index (χ1) is 8.51. The Morgan fingerprint density at radius 2 is 2.33 bits per heavy atom. The summed E-state index contributed by atoms with van der Waals surface area (Å²) < 4.78 is 29.9. The monoisotopic (exact) mass is 255 g/mol. The molecular formula is C11H11F2N3O2. The summed E-state index contributed by atoms with van der Waals surface area (Å²) in [6.45, 7) is 1.77. The second kappa shape index (κ2) is 5.91. The topological polar surface area (TPSA) is 89.0 Å². The summed E-state index contributed by atoms with van der Waals surface area (Å²) in [5, 5.41) is 8.83. The standard InChI is InChI=1S/C11H11F2N3O2/c1-2-18-8(17)3-7-6(4-14)5-16-10(9(7)15)11(12)13/h5,11H,2-3,15H2,1H3. The van der Waals surface area contributed by atoms with Gasteiger partial charge in [-0.1, -0.05) is 0 Å². The van der Waals surface area contributed by atoms with E-state index in [1.807, 2.05) is 0 Å². The van der Waals surface area contributed by atoms with Gasteiger partial charge in [0.05, 0.1) is 24.3 Å². The zero-order valence-corrected chi connectivity index (χ0v) is 9.61. The second-order valence-electron chi connectivity index (χ2n) is 3.34. The lowest BCUT2D eigenvalue weighted by atomic mass is 10.0. The maximum Gasteiger partial charge on any atom is 0.310 e. The molecule has 1 aromatic rings. The van der Waals surface area contributed by atoms with Crippen LogP contribution in [0.5, 0.6) is 0 Å². The van der Waals surface area contributed by atoms with Gasteiger partial charge in [-0.15, -0.1) is 0 Å². The largest absolute Gasteiger partial charge is 0.466 e. The number of esters is 1. The smallest absolute Gasteiger partial charge is 0.310 e. The summed E-state index contributed by atoms with van der Waals surface area (Å²) in [5.74, 6) is -0.632. The highest BCUT2D eigenvalue weighted by atomic mass is 19.3. The van der Waals surface area contributed by atoms with Crippen molar-refractivity contribution in [2.24, 2.45) is 0 Å². The van der Waals surface area contributed by atoms with Crippen LogP contribution in [-0.2, 0) is 16.0 Å². The minimum Gasteiger partial charge on any atom is -0.466 e. The Labute approximate surface area is 102 Å². The molecule has 0 fully saturated rings. The number of halogens is 2. The van der Waals surface area contributed by atoms with Gasteiger partial charge >= 0.3 is 5.97 Å². The lowest BCUT2D eigenvalue weighted by molar-refractivity contribution is -0.142. The van der Waals surface area contributed by atoms with Crippen LogP contribution >= 0.6 is 0 Å². The zero-order valence-electron chi connectivity index (χ0n) is 9.61. The summed E-state index contributed by atoms with van der Waals surface area (Å²) in [5.41, 5.74) is 4.56. The van der Waals surface area contributed by atoms with Gasteiger partial charge in [0.25, 0.3) is 6.43 Å². The van der Waals surface area contributed by atoms with E-state index < -0.39 is 18.1 Å². The van der Waals surface area contributed by atoms with Gasteiger partial charge in [-0.25, -0.2) is 8.78 Å². The van der Waals surface area contributed by atoms with E-state index in [0.717, 1.165) is 6.20 Å². The van der Waals surface area contributed by atoms with Crippen molar-refractivity contribution in [1.82, 2.24) is 4.98 Å². The molecule has 0 radical (unpaired) electrons. The van der Waals surface area contributed by atoms with Gasteiger partial charge in [-0.3, -0.25) is 9.78 Å². The number of nitriles is 1. The van der Waals surface area contributed by atoms with Gasteiger partial charge in [0, 0.05) is 11.8 Å². The molecule has 0 unspecified atom stereocenters. The first-order valence-electron chi connectivity index (χ1n) is 5.12. The molecule has 2 N–H and O–H groups in total. The number of pyridine rings is 1. The highest BCUT2D eigenvalue weighted by molar-refractivity contribution is 5.76. The molecule has 0 aliphatic rings. The molecule has 1 rings (SSSR count). The van der Waals surface area contributed by atoms with E-state index in [9.17, 15) is 13.6 Å². The highest BCUT2D eigenvalue weighted by Crippen LogP contribution is 2.27. The molecule has 0 amide bonds. The van der Waals surface area contributed by atoms with Gasteiger partial charge in [-0.2, -0.15) is 5.26 Å². The number of ether oxygens (including phenoxy) is 1. The number of hydrogen-bond acceptors (Lipinski definition) is 5. The molecule has 0 spiro atoms. The number of carbonyl (C=O) groups excluding carboxylic acids is 1. The Hall–Kier alpha value is -2.23. The van der Waals surface area contributed by atoms with Crippen LogP contribution in [0.1, 0.15) is 30.2 Å². The first kappa shape index (κ1) is 13.8. The SMILES string of the molecule is CCOC(=O)Cc1c(C#N)cnc(C(F)F)c1N. The Morgan fingerprint density at radius 1 is 1.67 bits per heavy atom. The predicted octanol–water partition coefficient (Wildman–Crippen LogP) is 1.58. The second-order valence-corrected chi connectivity index (χ2v) is 3.34. The van der Waals surface area contributed by atoms with Crippen molar-refractivity contribution in [3.63, 3.8) is 0 Å². The third-order valence-electron chi connectivity index (χ3n) is 2.21. The average molecular weight is 255 g/mol. The van der Waals surface area contributed by atoms with Crippen molar-refractivity contribution in [2.75, 3.05) is 12.3 Å². The van der Waals surface area contributed by atoms with Crippen LogP contribution in [0, 0.1) is 11.3 Å². The number of nitrogens with zero attached hydrogens (tertiary/aromatic N) is 2. The highest BCUT2D eigenvalue weighted by Gasteiger charge is 2.20. The molecule has 0 atom stereocenters. The number of alkyl halides is 2. The lowest BCUT2D eigenvalue weighted by Crippen LogP contribution is -2.13. The fraction of sp³-hybridized carbons (Fsp3) is 0.364. The number of rotatable bonds is 4. The number of aromatic nitrogens is 1. The van der Waals surface area contributed by atoms with Crippen LogP contribution in [0.15, 0.2) is 6.20 Å². The molecule has 0 saturated heterocycles. The van der Waals surface area contributed by atoms with E-state index in [4.69, 9.17) is 11.0 Å². The quantitative estimate of drug-likeness (QED) is 0.825. The number of nitrogen functional groups attached to an aromatic ring is 1. The van der Waals surface area contributed by atoms with E-state index in [1.54, 1.807) is 13.0 Å². The average Bonchev–Trinajstić information content (AvgIpc) is 2.31. The third-order valence-corrected chi connectivity index (χ3v) is 2.21. The minimum atomic E-state index is -2.86. The van der Waals surface area contributed by atoms with Crippen molar-refractivity contribution in [3.05, 3.63) is 23.0 Å². The molecular weight excluding hydrogens is 244 g/mol. The van der Waals surface area contributed by atoms with E-state index in [1.165, 1.54) is 0 Å². The Kier molecular flexibility index (Phi) is 4.54. The van der Waals surface area contributed by atoms with Crippen molar-refractivity contribution in [1.29, 1.82) is 5.26 Å². The van der Waals surface area contributed by atoms with Gasteiger partial charge in [0.1, 0.15) is 11.8 Å². The molecule has 0 aromatic carbocycles. The van der Waals surface area contributed by atoms with Crippen molar-refractivity contribution < 1.29 is 18.3 Å². The van der Waals surface area contributed by atoms with E-state index in [-0.39, 0.29) is 29.8 Å². The molecule has 18 heavy (non-hydrogen) atoms. The van der Waals surface area contributed by atoms with Crippen LogP contribution in [0.3, 0.4) is 0 Å². The normalized spacial score (nSPS) is 10.2. The summed E-state index contributed by atoms with van der Waals surface area (Å²) in [6, 6.07) is 1.75. The van der Waals surface area contributed by atoms with Gasteiger partial charge < -0.3 is 10.5 Å². The van der Waals surface area contributed by atoms with Gasteiger partial charge in [-0.05, 0) is 6.92 Å². The van der Waals surface area contributed by atoms with Crippen LogP contribution < -0.4 is 5.73 Å². The summed E-state index contributed by atoms with van der Waals surface area (Å²) in [6.07, 6.45) is -2.21. The number of hydrogen-bond donors (Lipinski definition) is 1. The predicted molar refractivity (Wildman–Crippen MR) is 58.7 cm³/mol. The summed E-state index contributed by atoms with van der Waals surface area (Å²) in [4.78, 5) is 14.7. The maximum absolute atomic E-state index is 12.6. The fourth-order valence-electron chi connectivity index (χ4n) is 1.40. The molecule has 0 aliphatic heterocycles. The van der Waals surface area contributed by atoms with Crippen molar-refractivity contribution in [2.45, 2.75) is 19.8 Å².